The molecule has 0 aliphatic carbocycles. The molecule has 1 rings (SSSR count). The molecule has 0 aromatic rings. The predicted octanol–water partition coefficient (Wildman–Crippen LogP) is -2.11. The zero-order valence-corrected chi connectivity index (χ0v) is 31.6. The molecular weight excluding hydrogens is 714 g/mol. The standard InChI is InChI=1S/C34H57N7O13/c1-7-18(6)27(40-28(47)19(35)10-11-24(43)44)32(51)37-20(13-16(2)3)29(48)36-21(14-25(45)46)30(49)39-26(17(4)5)33(52)41-12-8-9-23(41)31(50)38-22(15-42)34(53)54/h16-23,26-27,42H,7-15,35H2,1-6H3,(H,36,48)(H,37,51)(H,38,50)(H,39,49)(H,40,47)(H,43,44)(H,45,46)(H,53,54)/t18-,19-,20-,21-,22-,23-,26-,27-/m0/s1. The number of carboxylic acid groups (broad SMARTS) is 3. The smallest absolute Gasteiger partial charge is 0.328 e. The summed E-state index contributed by atoms with van der Waals surface area (Å²) < 4.78 is 0. The van der Waals surface area contributed by atoms with E-state index in [0.29, 0.717) is 12.8 Å². The molecule has 0 unspecified atom stereocenters. The van der Waals surface area contributed by atoms with Crippen molar-refractivity contribution in [3.05, 3.63) is 0 Å². The molecule has 1 fully saturated rings. The largest absolute Gasteiger partial charge is 0.481 e. The zero-order chi connectivity index (χ0) is 41.4. The van der Waals surface area contributed by atoms with Crippen molar-refractivity contribution < 1.29 is 63.6 Å². The molecule has 0 radical (unpaired) electrons. The number of nitrogens with one attached hydrogen (secondary N) is 5. The highest BCUT2D eigenvalue weighted by Crippen LogP contribution is 2.21. The van der Waals surface area contributed by atoms with E-state index in [0.717, 1.165) is 0 Å². The fraction of sp³-hybridized carbons (Fsp3) is 0.735. The number of likely N-dealkylation sites (tertiary alicyclic amines) is 1. The molecule has 20 nitrogen and oxygen atoms in total. The SMILES string of the molecule is CC[C@H](C)[C@H](NC(=O)[C@@H](N)CCC(=O)O)C(=O)N[C@@H](CC(C)C)C(=O)N[C@@H](CC(=O)O)C(=O)N[C@H](C(=O)N1CCC[C@H]1C(=O)N[C@@H](CO)C(=O)O)C(C)C. The Hall–Kier alpha value is -4.85. The number of nitrogens with zero attached hydrogens (tertiary/aromatic N) is 1. The Balaban J connectivity index is 3.25. The summed E-state index contributed by atoms with van der Waals surface area (Å²) in [5.41, 5.74) is 5.83. The number of aliphatic carboxylic acids is 3. The number of aliphatic hydroxyl groups is 1. The van der Waals surface area contributed by atoms with E-state index in [1.165, 1.54) is 4.90 Å². The van der Waals surface area contributed by atoms with Gasteiger partial charge in [0, 0.05) is 13.0 Å². The maximum absolute atomic E-state index is 13.7. The van der Waals surface area contributed by atoms with Gasteiger partial charge in [0.2, 0.25) is 35.4 Å². The van der Waals surface area contributed by atoms with Gasteiger partial charge in [0.25, 0.3) is 0 Å². The summed E-state index contributed by atoms with van der Waals surface area (Å²) in [4.78, 5) is 115. The highest BCUT2D eigenvalue weighted by atomic mass is 16.4. The Labute approximate surface area is 313 Å². The molecule has 54 heavy (non-hydrogen) atoms. The van der Waals surface area contributed by atoms with Gasteiger partial charge in [0.1, 0.15) is 36.3 Å². The van der Waals surface area contributed by atoms with Gasteiger partial charge in [-0.3, -0.25) is 38.4 Å². The second-order valence-corrected chi connectivity index (χ2v) is 14.3. The summed E-state index contributed by atoms with van der Waals surface area (Å²) in [6, 6.07) is -9.47. The number of hydrogen-bond acceptors (Lipinski definition) is 11. The van der Waals surface area contributed by atoms with Crippen LogP contribution in [0.5, 0.6) is 0 Å². The van der Waals surface area contributed by atoms with Gasteiger partial charge in [-0.25, -0.2) is 4.79 Å². The molecule has 6 amide bonds. The Morgan fingerprint density at radius 2 is 1.31 bits per heavy atom. The van der Waals surface area contributed by atoms with Gasteiger partial charge in [-0.05, 0) is 43.4 Å². The van der Waals surface area contributed by atoms with Gasteiger partial charge in [-0.15, -0.1) is 0 Å². The number of rotatable bonds is 23. The number of nitrogens with two attached hydrogens (primary N) is 1. The average molecular weight is 772 g/mol. The Bertz CT molecular complexity index is 1370. The predicted molar refractivity (Wildman–Crippen MR) is 190 cm³/mol. The fourth-order valence-electron chi connectivity index (χ4n) is 5.70. The van der Waals surface area contributed by atoms with Gasteiger partial charge in [-0.2, -0.15) is 0 Å². The average Bonchev–Trinajstić information content (AvgIpc) is 3.58. The lowest BCUT2D eigenvalue weighted by Crippen LogP contribution is -2.61. The molecule has 0 saturated carbocycles. The lowest BCUT2D eigenvalue weighted by molar-refractivity contribution is -0.146. The Kier molecular flexibility index (Phi) is 19.6. The normalized spacial score (nSPS) is 18.0. The van der Waals surface area contributed by atoms with Crippen LogP contribution in [0.15, 0.2) is 0 Å². The van der Waals surface area contributed by atoms with Crippen LogP contribution < -0.4 is 32.3 Å². The first-order valence-electron chi connectivity index (χ1n) is 18.0. The van der Waals surface area contributed by atoms with Gasteiger partial charge in [0.15, 0.2) is 0 Å². The molecule has 20 heteroatoms. The van der Waals surface area contributed by atoms with E-state index in [4.69, 9.17) is 10.8 Å². The molecule has 1 saturated heterocycles. The number of carbonyl (C=O) groups is 9. The molecule has 306 valence electrons. The van der Waals surface area contributed by atoms with Crippen LogP contribution in [0, 0.1) is 17.8 Å². The number of hydrogen-bond donors (Lipinski definition) is 10. The van der Waals surface area contributed by atoms with Crippen LogP contribution in [-0.2, 0) is 43.2 Å². The van der Waals surface area contributed by atoms with Crippen molar-refractivity contribution in [1.82, 2.24) is 31.5 Å². The summed E-state index contributed by atoms with van der Waals surface area (Å²) in [6.45, 7) is 9.31. The molecule has 0 aromatic heterocycles. The molecule has 0 bridgehead atoms. The highest BCUT2D eigenvalue weighted by Gasteiger charge is 2.41. The first kappa shape index (κ1) is 47.2. The van der Waals surface area contributed by atoms with Crippen molar-refractivity contribution in [2.45, 2.75) is 129 Å². The third-order valence-electron chi connectivity index (χ3n) is 9.02. The van der Waals surface area contributed by atoms with Crippen LogP contribution in [-0.4, -0.2) is 134 Å². The summed E-state index contributed by atoms with van der Waals surface area (Å²) in [6.07, 6.45) is -0.481. The van der Waals surface area contributed by atoms with E-state index in [1.54, 1.807) is 41.5 Å². The highest BCUT2D eigenvalue weighted by molar-refractivity contribution is 5.98. The van der Waals surface area contributed by atoms with Crippen molar-refractivity contribution in [2.75, 3.05) is 13.2 Å². The summed E-state index contributed by atoms with van der Waals surface area (Å²) in [7, 11) is 0. The number of aliphatic hydroxyl groups excluding tert-OH is 1. The van der Waals surface area contributed by atoms with Crippen molar-refractivity contribution in [1.29, 1.82) is 0 Å². The Morgan fingerprint density at radius 1 is 0.741 bits per heavy atom. The monoisotopic (exact) mass is 771 g/mol. The number of amides is 6. The van der Waals surface area contributed by atoms with Crippen LogP contribution in [0.1, 0.15) is 86.5 Å². The van der Waals surface area contributed by atoms with E-state index in [9.17, 15) is 58.5 Å². The van der Waals surface area contributed by atoms with Crippen LogP contribution in [0.25, 0.3) is 0 Å². The van der Waals surface area contributed by atoms with Gasteiger partial charge >= 0.3 is 17.9 Å². The fourth-order valence-corrected chi connectivity index (χ4v) is 5.70. The van der Waals surface area contributed by atoms with Crippen molar-refractivity contribution >= 4 is 53.4 Å². The van der Waals surface area contributed by atoms with Crippen molar-refractivity contribution in [3.8, 4) is 0 Å². The first-order chi connectivity index (χ1) is 25.1. The van der Waals surface area contributed by atoms with E-state index in [2.05, 4.69) is 26.6 Å². The number of carbonyl (C=O) groups excluding carboxylic acids is 6. The maximum Gasteiger partial charge on any atom is 0.328 e. The second kappa shape index (κ2) is 22.4. The summed E-state index contributed by atoms with van der Waals surface area (Å²) >= 11 is 0. The van der Waals surface area contributed by atoms with Crippen molar-refractivity contribution in [3.63, 3.8) is 0 Å². The molecule has 0 spiro atoms. The quantitative estimate of drug-likeness (QED) is 0.0532. The first-order valence-corrected chi connectivity index (χ1v) is 18.0. The number of carboxylic acids is 3. The van der Waals surface area contributed by atoms with Crippen LogP contribution in [0.2, 0.25) is 0 Å². The molecule has 8 atom stereocenters. The molecule has 1 aliphatic heterocycles. The lowest BCUT2D eigenvalue weighted by atomic mass is 9.96. The molecular formula is C34H57N7O13. The van der Waals surface area contributed by atoms with Gasteiger partial charge in [0.05, 0.1) is 19.1 Å². The van der Waals surface area contributed by atoms with E-state index < -0.39 is 121 Å². The van der Waals surface area contributed by atoms with Gasteiger partial charge < -0.3 is 57.6 Å². The third kappa shape index (κ3) is 14.9. The van der Waals surface area contributed by atoms with E-state index >= 15 is 0 Å². The van der Waals surface area contributed by atoms with E-state index in [-0.39, 0.29) is 38.1 Å². The molecule has 1 heterocycles. The topological polar surface area (TPSA) is 324 Å². The molecule has 1 aliphatic rings. The van der Waals surface area contributed by atoms with E-state index in [1.807, 2.05) is 0 Å². The van der Waals surface area contributed by atoms with Crippen molar-refractivity contribution in [2.24, 2.45) is 23.5 Å². The van der Waals surface area contributed by atoms with Crippen LogP contribution >= 0.6 is 0 Å². The Morgan fingerprint density at radius 3 is 1.81 bits per heavy atom. The molecule has 0 aromatic carbocycles. The lowest BCUT2D eigenvalue weighted by Gasteiger charge is -2.32. The van der Waals surface area contributed by atoms with Gasteiger partial charge in [-0.1, -0.05) is 48.0 Å². The summed E-state index contributed by atoms with van der Waals surface area (Å²) in [5, 5.41) is 49.2. The van der Waals surface area contributed by atoms with Crippen LogP contribution in [0.3, 0.4) is 0 Å². The minimum Gasteiger partial charge on any atom is -0.481 e. The minimum atomic E-state index is -1.73. The maximum atomic E-state index is 13.7. The van der Waals surface area contributed by atoms with Crippen LogP contribution in [0.4, 0.5) is 0 Å². The minimum absolute atomic E-state index is 0.0306. The zero-order valence-electron chi connectivity index (χ0n) is 31.6. The molecule has 11 N–H and O–H groups in total. The second-order valence-electron chi connectivity index (χ2n) is 14.3. The third-order valence-corrected chi connectivity index (χ3v) is 9.02. The summed E-state index contributed by atoms with van der Waals surface area (Å²) in [5.74, 6) is -10.4.